The average Bonchev–Trinajstić information content (AvgIpc) is 3.10. The second-order valence-corrected chi connectivity index (χ2v) is 9.65. The van der Waals surface area contributed by atoms with Crippen molar-refractivity contribution >= 4 is 17.5 Å². The third-order valence-electron chi connectivity index (χ3n) is 5.27. The van der Waals surface area contributed by atoms with E-state index in [1.165, 1.54) is 35.7 Å². The molecule has 5 heteroatoms. The number of benzene rings is 2. The van der Waals surface area contributed by atoms with E-state index in [1.54, 1.807) is 0 Å². The Balaban J connectivity index is 1.64. The lowest BCUT2D eigenvalue weighted by atomic mass is 9.87. The van der Waals surface area contributed by atoms with Crippen molar-refractivity contribution in [1.82, 2.24) is 14.8 Å². The largest absolute Gasteiger partial charge is 0.305 e. The van der Waals surface area contributed by atoms with Crippen LogP contribution in [-0.2, 0) is 18.9 Å². The maximum Gasteiger partial charge on any atom is 0.191 e. The van der Waals surface area contributed by atoms with Crippen LogP contribution < -0.4 is 0 Å². The Bertz CT molecular complexity index is 983. The van der Waals surface area contributed by atoms with E-state index in [2.05, 4.69) is 74.3 Å². The van der Waals surface area contributed by atoms with E-state index < -0.39 is 0 Å². The lowest BCUT2D eigenvalue weighted by Gasteiger charge is -2.19. The smallest absolute Gasteiger partial charge is 0.191 e. The highest BCUT2D eigenvalue weighted by molar-refractivity contribution is 7.99. The van der Waals surface area contributed by atoms with E-state index in [0.717, 1.165) is 28.5 Å². The fourth-order valence-electron chi connectivity index (χ4n) is 3.26. The number of aromatic nitrogens is 3. The normalized spacial score (nSPS) is 11.6. The topological polar surface area (TPSA) is 47.8 Å². The molecule has 0 amide bonds. The number of carbonyl (C=O) groups excluding carboxylic acids is 1. The van der Waals surface area contributed by atoms with Crippen molar-refractivity contribution in [2.24, 2.45) is 7.05 Å². The van der Waals surface area contributed by atoms with E-state index in [-0.39, 0.29) is 11.2 Å². The van der Waals surface area contributed by atoms with Crippen LogP contribution >= 0.6 is 11.8 Å². The van der Waals surface area contributed by atoms with Crippen LogP contribution in [0.2, 0.25) is 0 Å². The van der Waals surface area contributed by atoms with Crippen molar-refractivity contribution in [3.05, 3.63) is 65.2 Å². The molecule has 0 aliphatic rings. The first-order valence-electron chi connectivity index (χ1n) is 10.5. The second-order valence-electron chi connectivity index (χ2n) is 8.70. The van der Waals surface area contributed by atoms with Crippen LogP contribution in [0.25, 0.3) is 11.4 Å². The van der Waals surface area contributed by atoms with Crippen molar-refractivity contribution < 1.29 is 4.79 Å². The number of hydrogen-bond donors (Lipinski definition) is 0. The second kappa shape index (κ2) is 9.61. The minimum absolute atomic E-state index is 0.112. The molecule has 3 aromatic rings. The summed E-state index contributed by atoms with van der Waals surface area (Å²) in [6, 6.07) is 16.5. The highest BCUT2D eigenvalue weighted by Gasteiger charge is 2.16. The van der Waals surface area contributed by atoms with Gasteiger partial charge in [-0.15, -0.1) is 10.2 Å². The van der Waals surface area contributed by atoms with Gasteiger partial charge in [0, 0.05) is 18.2 Å². The van der Waals surface area contributed by atoms with Crippen LogP contribution in [-0.4, -0.2) is 26.3 Å². The maximum atomic E-state index is 12.6. The predicted octanol–water partition coefficient (Wildman–Crippen LogP) is 6.10. The number of hydrogen-bond acceptors (Lipinski definition) is 4. The first-order valence-corrected chi connectivity index (χ1v) is 11.5. The molecule has 0 bridgehead atoms. The molecule has 0 spiro atoms. The van der Waals surface area contributed by atoms with Crippen LogP contribution in [0, 0.1) is 0 Å². The molecule has 0 aliphatic carbocycles. The summed E-state index contributed by atoms with van der Waals surface area (Å²) in [4.78, 5) is 12.6. The molecule has 0 unspecified atom stereocenters. The standard InChI is InChI=1S/C25H31N3OS/c1-6-7-8-18-9-11-19(12-10-18)22(29)17-30-24-27-26-23(28(24)5)20-13-15-21(16-14-20)25(2,3)4/h9-16H,6-8,17H2,1-5H3. The molecule has 0 saturated heterocycles. The van der Waals surface area contributed by atoms with Gasteiger partial charge in [-0.3, -0.25) is 4.79 Å². The van der Waals surface area contributed by atoms with Crippen molar-refractivity contribution in [1.29, 1.82) is 0 Å². The molecule has 0 fully saturated rings. The van der Waals surface area contributed by atoms with E-state index in [4.69, 9.17) is 0 Å². The summed E-state index contributed by atoms with van der Waals surface area (Å²) in [5.74, 6) is 1.27. The first kappa shape index (κ1) is 22.3. The number of rotatable bonds is 8. The number of Topliss-reactive ketones (excluding diaryl/α,β-unsaturated/α-hetero) is 1. The number of unbranched alkanes of at least 4 members (excludes halogenated alkanes) is 1. The molecule has 0 N–H and O–H groups in total. The molecule has 4 nitrogen and oxygen atoms in total. The van der Waals surface area contributed by atoms with Crippen molar-refractivity contribution in [2.75, 3.05) is 5.75 Å². The summed E-state index contributed by atoms with van der Waals surface area (Å²) >= 11 is 1.43. The van der Waals surface area contributed by atoms with Gasteiger partial charge in [-0.2, -0.15) is 0 Å². The number of aryl methyl sites for hydroxylation is 1. The molecule has 0 radical (unpaired) electrons. The molecule has 0 saturated carbocycles. The Labute approximate surface area is 184 Å². The highest BCUT2D eigenvalue weighted by atomic mass is 32.2. The monoisotopic (exact) mass is 421 g/mol. The summed E-state index contributed by atoms with van der Waals surface area (Å²) in [6.07, 6.45) is 3.42. The molecule has 2 aromatic carbocycles. The average molecular weight is 422 g/mol. The van der Waals surface area contributed by atoms with Gasteiger partial charge in [0.05, 0.1) is 5.75 Å². The summed E-state index contributed by atoms with van der Waals surface area (Å²) in [6.45, 7) is 8.80. The number of nitrogens with zero attached hydrogens (tertiary/aromatic N) is 3. The zero-order valence-corrected chi connectivity index (χ0v) is 19.4. The Morgan fingerprint density at radius 1 is 1.00 bits per heavy atom. The molecule has 0 aliphatic heterocycles. The van der Waals surface area contributed by atoms with Crippen LogP contribution in [0.5, 0.6) is 0 Å². The first-order chi connectivity index (χ1) is 14.3. The third-order valence-corrected chi connectivity index (χ3v) is 6.29. The van der Waals surface area contributed by atoms with E-state index in [9.17, 15) is 4.79 Å². The summed E-state index contributed by atoms with van der Waals surface area (Å²) in [5.41, 5.74) is 4.47. The van der Waals surface area contributed by atoms with Crippen LogP contribution in [0.1, 0.15) is 62.0 Å². The molecular formula is C25H31N3OS. The Morgan fingerprint density at radius 2 is 1.67 bits per heavy atom. The van der Waals surface area contributed by atoms with Crippen LogP contribution in [0.3, 0.4) is 0 Å². The molecule has 1 aromatic heterocycles. The molecular weight excluding hydrogens is 390 g/mol. The van der Waals surface area contributed by atoms with Gasteiger partial charge in [0.2, 0.25) is 0 Å². The minimum atomic E-state index is 0.112. The van der Waals surface area contributed by atoms with Gasteiger partial charge in [0.15, 0.2) is 16.8 Å². The van der Waals surface area contributed by atoms with Crippen LogP contribution in [0.4, 0.5) is 0 Å². The summed E-state index contributed by atoms with van der Waals surface area (Å²) in [7, 11) is 1.95. The summed E-state index contributed by atoms with van der Waals surface area (Å²) < 4.78 is 1.96. The SMILES string of the molecule is CCCCc1ccc(C(=O)CSc2nnc(-c3ccc(C(C)(C)C)cc3)n2C)cc1. The Morgan fingerprint density at radius 3 is 2.27 bits per heavy atom. The van der Waals surface area contributed by atoms with Crippen LogP contribution in [0.15, 0.2) is 53.7 Å². The summed E-state index contributed by atoms with van der Waals surface area (Å²) in [5, 5.41) is 9.40. The quantitative estimate of drug-likeness (QED) is 0.326. The zero-order valence-electron chi connectivity index (χ0n) is 18.6. The fraction of sp³-hybridized carbons (Fsp3) is 0.400. The fourth-order valence-corrected chi connectivity index (χ4v) is 4.07. The predicted molar refractivity (Wildman–Crippen MR) is 125 cm³/mol. The lowest BCUT2D eigenvalue weighted by Crippen LogP contribution is -2.10. The van der Waals surface area contributed by atoms with Gasteiger partial charge < -0.3 is 4.57 Å². The maximum absolute atomic E-state index is 12.6. The van der Waals surface area contributed by atoms with Gasteiger partial charge in [-0.25, -0.2) is 0 Å². The highest BCUT2D eigenvalue weighted by Crippen LogP contribution is 2.27. The van der Waals surface area contributed by atoms with Gasteiger partial charge in [0.25, 0.3) is 0 Å². The molecule has 158 valence electrons. The Hall–Kier alpha value is -2.40. The minimum Gasteiger partial charge on any atom is -0.305 e. The van der Waals surface area contributed by atoms with Crippen molar-refractivity contribution in [3.8, 4) is 11.4 Å². The van der Waals surface area contributed by atoms with Crippen molar-refractivity contribution in [3.63, 3.8) is 0 Å². The number of carbonyl (C=O) groups is 1. The lowest BCUT2D eigenvalue weighted by molar-refractivity contribution is 0.102. The van der Waals surface area contributed by atoms with E-state index in [1.807, 2.05) is 23.7 Å². The van der Waals surface area contributed by atoms with E-state index in [0.29, 0.717) is 5.75 Å². The van der Waals surface area contributed by atoms with Gasteiger partial charge in [-0.05, 0) is 29.4 Å². The number of thioether (sulfide) groups is 1. The molecule has 1 heterocycles. The molecule has 3 rings (SSSR count). The number of ketones is 1. The third kappa shape index (κ3) is 5.39. The van der Waals surface area contributed by atoms with Crippen molar-refractivity contribution in [2.45, 2.75) is 57.5 Å². The molecule has 0 atom stereocenters. The van der Waals surface area contributed by atoms with Gasteiger partial charge in [-0.1, -0.05) is 94.4 Å². The zero-order chi connectivity index (χ0) is 21.7. The molecule has 30 heavy (non-hydrogen) atoms. The Kier molecular flexibility index (Phi) is 7.14. The van der Waals surface area contributed by atoms with Gasteiger partial charge >= 0.3 is 0 Å². The van der Waals surface area contributed by atoms with E-state index >= 15 is 0 Å². The van der Waals surface area contributed by atoms with Gasteiger partial charge in [0.1, 0.15) is 0 Å².